The highest BCUT2D eigenvalue weighted by Crippen LogP contribution is 2.45. The Balaban J connectivity index is 2.03. The molecule has 0 saturated carbocycles. The fourth-order valence-corrected chi connectivity index (χ4v) is 4.25. The number of hydrogen-bond acceptors (Lipinski definition) is 5. The second kappa shape index (κ2) is 7.86. The molecule has 3 aromatic rings. The average molecular weight is 406 g/mol. The van der Waals surface area contributed by atoms with Gasteiger partial charge in [0.05, 0.1) is 32.1 Å². The monoisotopic (exact) mass is 406 g/mol. The van der Waals surface area contributed by atoms with E-state index in [1.54, 1.807) is 14.2 Å². The number of aryl methyl sites for hydroxylation is 2. The maximum Gasteiger partial charge on any atom is 0.340 e. The number of benzene rings is 1. The lowest BCUT2D eigenvalue weighted by molar-refractivity contribution is 0.0528. The minimum absolute atomic E-state index is 0.312. The number of rotatable bonds is 5. The molecule has 4 rings (SSSR count). The molecular weight excluding hydrogens is 380 g/mol. The minimum Gasteiger partial charge on any atom is -0.493 e. The summed E-state index contributed by atoms with van der Waals surface area (Å²) in [5, 5.41) is 0. The van der Waals surface area contributed by atoms with E-state index in [4.69, 9.17) is 14.2 Å². The number of pyridine rings is 1. The summed E-state index contributed by atoms with van der Waals surface area (Å²) < 4.78 is 18.7. The highest BCUT2D eigenvalue weighted by molar-refractivity contribution is 6.05. The molecule has 156 valence electrons. The molecule has 0 spiro atoms. The van der Waals surface area contributed by atoms with Crippen LogP contribution >= 0.6 is 0 Å². The molecule has 0 amide bonds. The first-order valence-corrected chi connectivity index (χ1v) is 10.1. The molecule has 2 aromatic heterocycles. The summed E-state index contributed by atoms with van der Waals surface area (Å²) in [6.07, 6.45) is 2.66. The van der Waals surface area contributed by atoms with Gasteiger partial charge in [0.1, 0.15) is 0 Å². The van der Waals surface area contributed by atoms with Gasteiger partial charge >= 0.3 is 5.97 Å². The number of hydrogen-bond donors (Lipinski definition) is 0. The zero-order valence-corrected chi connectivity index (χ0v) is 18.0. The lowest BCUT2D eigenvalue weighted by atomic mass is 9.93. The lowest BCUT2D eigenvalue weighted by Crippen LogP contribution is -2.15. The normalized spacial score (nSPS) is 12.2. The number of nitrogens with zero attached hydrogens (tertiary/aromatic N) is 2. The van der Waals surface area contributed by atoms with Gasteiger partial charge in [-0.3, -0.25) is 4.98 Å². The van der Waals surface area contributed by atoms with Crippen molar-refractivity contribution in [3.05, 3.63) is 53.0 Å². The minimum atomic E-state index is -0.326. The second-order valence-corrected chi connectivity index (χ2v) is 7.36. The van der Waals surface area contributed by atoms with E-state index >= 15 is 0 Å². The van der Waals surface area contributed by atoms with Crippen LogP contribution in [0.25, 0.3) is 22.4 Å². The fraction of sp³-hybridized carbons (Fsp3) is 0.333. The quantitative estimate of drug-likeness (QED) is 0.580. The Morgan fingerprint density at radius 1 is 1.13 bits per heavy atom. The molecule has 3 heterocycles. The van der Waals surface area contributed by atoms with Crippen molar-refractivity contribution in [1.82, 2.24) is 9.55 Å². The Labute approximate surface area is 176 Å². The van der Waals surface area contributed by atoms with Crippen molar-refractivity contribution in [2.75, 3.05) is 20.8 Å². The van der Waals surface area contributed by atoms with E-state index in [-0.39, 0.29) is 5.97 Å². The largest absolute Gasteiger partial charge is 0.493 e. The summed E-state index contributed by atoms with van der Waals surface area (Å²) in [5.41, 5.74) is 7.27. The Morgan fingerprint density at radius 3 is 2.50 bits per heavy atom. The zero-order valence-electron chi connectivity index (χ0n) is 18.0. The van der Waals surface area contributed by atoms with Gasteiger partial charge in [0, 0.05) is 40.8 Å². The van der Waals surface area contributed by atoms with Gasteiger partial charge in [-0.2, -0.15) is 0 Å². The molecule has 1 aromatic carbocycles. The topological polar surface area (TPSA) is 62.6 Å². The molecule has 0 aliphatic carbocycles. The summed E-state index contributed by atoms with van der Waals surface area (Å²) >= 11 is 0. The molecule has 0 N–H and O–H groups in total. The summed E-state index contributed by atoms with van der Waals surface area (Å²) in [7, 11) is 3.25. The van der Waals surface area contributed by atoms with Crippen molar-refractivity contribution in [3.8, 4) is 33.9 Å². The number of esters is 1. The van der Waals surface area contributed by atoms with E-state index in [0.717, 1.165) is 52.3 Å². The molecule has 0 fully saturated rings. The van der Waals surface area contributed by atoms with Crippen LogP contribution < -0.4 is 9.47 Å². The van der Waals surface area contributed by atoms with Crippen molar-refractivity contribution in [3.63, 3.8) is 0 Å². The highest BCUT2D eigenvalue weighted by Gasteiger charge is 2.32. The van der Waals surface area contributed by atoms with Gasteiger partial charge in [0.15, 0.2) is 11.5 Å². The lowest BCUT2D eigenvalue weighted by Gasteiger charge is -2.23. The van der Waals surface area contributed by atoms with Crippen molar-refractivity contribution in [2.24, 2.45) is 0 Å². The van der Waals surface area contributed by atoms with Crippen molar-refractivity contribution in [2.45, 2.75) is 33.7 Å². The number of carbonyl (C=O) groups excluding carboxylic acids is 1. The molecule has 0 radical (unpaired) electrons. The molecule has 6 heteroatoms. The molecule has 0 atom stereocenters. The average Bonchev–Trinajstić information content (AvgIpc) is 3.06. The van der Waals surface area contributed by atoms with Crippen LogP contribution in [0.2, 0.25) is 0 Å². The molecular formula is C24H26N2O4. The Morgan fingerprint density at radius 2 is 1.87 bits per heavy atom. The smallest absolute Gasteiger partial charge is 0.340 e. The van der Waals surface area contributed by atoms with Crippen LogP contribution in [0, 0.1) is 13.8 Å². The van der Waals surface area contributed by atoms with Gasteiger partial charge in [-0.05, 0) is 51.0 Å². The number of ether oxygens (including phenoxy) is 3. The Hall–Kier alpha value is -3.28. The third-order valence-electron chi connectivity index (χ3n) is 5.67. The van der Waals surface area contributed by atoms with Gasteiger partial charge in [-0.25, -0.2) is 4.79 Å². The van der Waals surface area contributed by atoms with E-state index in [2.05, 4.69) is 9.55 Å². The molecule has 30 heavy (non-hydrogen) atoms. The van der Waals surface area contributed by atoms with Gasteiger partial charge in [-0.1, -0.05) is 6.07 Å². The predicted octanol–water partition coefficient (Wildman–Crippen LogP) is 4.58. The first-order chi connectivity index (χ1) is 14.5. The first kappa shape index (κ1) is 20.0. The standard InChI is InChI=1S/C24H26N2O4/c1-6-30-24(27)22-21(17-8-7-14(2)25-13-17)15(3)26-10-9-16-11-19(28-4)20(29-5)12-18(16)23(22)26/h7-8,11-13H,6,9-10H2,1-5H3. The maximum atomic E-state index is 13.2. The third kappa shape index (κ3) is 3.12. The van der Waals surface area contributed by atoms with E-state index in [1.165, 1.54) is 0 Å². The van der Waals surface area contributed by atoms with Crippen LogP contribution in [-0.4, -0.2) is 36.3 Å². The summed E-state index contributed by atoms with van der Waals surface area (Å²) in [6.45, 7) is 6.90. The van der Waals surface area contributed by atoms with Crippen LogP contribution in [0.15, 0.2) is 30.5 Å². The van der Waals surface area contributed by atoms with Crippen LogP contribution in [0.5, 0.6) is 11.5 Å². The van der Waals surface area contributed by atoms with Crippen molar-refractivity contribution < 1.29 is 19.0 Å². The number of methoxy groups -OCH3 is 2. The second-order valence-electron chi connectivity index (χ2n) is 7.36. The molecule has 0 unspecified atom stereocenters. The Kier molecular flexibility index (Phi) is 5.24. The summed E-state index contributed by atoms with van der Waals surface area (Å²) in [5.74, 6) is 0.998. The summed E-state index contributed by atoms with van der Waals surface area (Å²) in [4.78, 5) is 17.6. The van der Waals surface area contributed by atoms with Crippen LogP contribution in [-0.2, 0) is 17.7 Å². The number of fused-ring (bicyclic) bond motifs is 3. The fourth-order valence-electron chi connectivity index (χ4n) is 4.25. The third-order valence-corrected chi connectivity index (χ3v) is 5.67. The van der Waals surface area contributed by atoms with Crippen molar-refractivity contribution in [1.29, 1.82) is 0 Å². The maximum absolute atomic E-state index is 13.2. The van der Waals surface area contributed by atoms with Gasteiger partial charge in [-0.15, -0.1) is 0 Å². The molecule has 0 bridgehead atoms. The SMILES string of the molecule is CCOC(=O)c1c(-c2ccc(C)nc2)c(C)n2c1-c1cc(OC)c(OC)cc1CC2. The van der Waals surface area contributed by atoms with Gasteiger partial charge < -0.3 is 18.8 Å². The van der Waals surface area contributed by atoms with E-state index in [1.807, 2.05) is 51.2 Å². The molecule has 1 aliphatic rings. The van der Waals surface area contributed by atoms with Gasteiger partial charge in [0.25, 0.3) is 0 Å². The van der Waals surface area contributed by atoms with Crippen LogP contribution in [0.4, 0.5) is 0 Å². The van der Waals surface area contributed by atoms with Crippen LogP contribution in [0.1, 0.15) is 34.2 Å². The zero-order chi connectivity index (χ0) is 21.4. The van der Waals surface area contributed by atoms with E-state index < -0.39 is 0 Å². The number of carbonyl (C=O) groups is 1. The van der Waals surface area contributed by atoms with Crippen LogP contribution in [0.3, 0.4) is 0 Å². The van der Waals surface area contributed by atoms with Crippen molar-refractivity contribution >= 4 is 5.97 Å². The van der Waals surface area contributed by atoms with E-state index in [0.29, 0.717) is 23.7 Å². The highest BCUT2D eigenvalue weighted by atomic mass is 16.5. The van der Waals surface area contributed by atoms with E-state index in [9.17, 15) is 4.79 Å². The van der Waals surface area contributed by atoms with Gasteiger partial charge in [0.2, 0.25) is 0 Å². The number of aromatic nitrogens is 2. The molecule has 0 saturated heterocycles. The summed E-state index contributed by atoms with van der Waals surface area (Å²) in [6, 6.07) is 7.93. The predicted molar refractivity (Wildman–Crippen MR) is 115 cm³/mol. The molecule has 1 aliphatic heterocycles. The Bertz CT molecular complexity index is 1110. The molecule has 6 nitrogen and oxygen atoms in total. The first-order valence-electron chi connectivity index (χ1n) is 10.1.